The van der Waals surface area contributed by atoms with E-state index in [4.69, 9.17) is 10.8 Å². The highest BCUT2D eigenvalue weighted by atomic mass is 16.4. The Morgan fingerprint density at radius 3 is 2.78 bits per heavy atom. The van der Waals surface area contributed by atoms with Gasteiger partial charge in [0.25, 0.3) is 0 Å². The van der Waals surface area contributed by atoms with Crippen LogP contribution in [0, 0.1) is 5.41 Å². The van der Waals surface area contributed by atoms with Crippen LogP contribution >= 0.6 is 0 Å². The molecule has 1 aliphatic rings. The zero-order valence-electron chi connectivity index (χ0n) is 9.96. The van der Waals surface area contributed by atoms with Crippen molar-refractivity contribution < 1.29 is 14.7 Å². The van der Waals surface area contributed by atoms with Crippen LogP contribution in [0.15, 0.2) is 12.4 Å². The lowest BCUT2D eigenvalue weighted by molar-refractivity contribution is -0.125. The van der Waals surface area contributed by atoms with E-state index in [1.165, 1.54) is 12.4 Å². The zero-order valence-corrected chi connectivity index (χ0v) is 9.96. The van der Waals surface area contributed by atoms with Crippen molar-refractivity contribution in [1.29, 1.82) is 0 Å². The normalized spacial score (nSPS) is 23.1. The van der Waals surface area contributed by atoms with Crippen molar-refractivity contribution in [1.82, 2.24) is 9.97 Å². The Balaban J connectivity index is 2.22. The van der Waals surface area contributed by atoms with Crippen molar-refractivity contribution in [3.8, 4) is 0 Å². The molecule has 1 saturated heterocycles. The topological polar surface area (TPSA) is 109 Å². The van der Waals surface area contributed by atoms with Crippen molar-refractivity contribution in [2.75, 3.05) is 18.0 Å². The van der Waals surface area contributed by atoms with Crippen LogP contribution < -0.4 is 10.6 Å². The third kappa shape index (κ3) is 2.11. The molecule has 0 saturated carbocycles. The third-order valence-corrected chi connectivity index (χ3v) is 3.23. The summed E-state index contributed by atoms with van der Waals surface area (Å²) in [6, 6.07) is 0. The maximum atomic E-state index is 11.3. The summed E-state index contributed by atoms with van der Waals surface area (Å²) in [6.45, 7) is 2.83. The van der Waals surface area contributed by atoms with Gasteiger partial charge in [0.1, 0.15) is 5.82 Å². The maximum Gasteiger partial charge on any atom is 0.356 e. The molecule has 2 heterocycles. The Morgan fingerprint density at radius 1 is 1.50 bits per heavy atom. The summed E-state index contributed by atoms with van der Waals surface area (Å²) in [5.41, 5.74) is 4.65. The van der Waals surface area contributed by atoms with Gasteiger partial charge in [-0.3, -0.25) is 9.78 Å². The number of aromatic nitrogens is 2. The molecule has 0 aromatic carbocycles. The second kappa shape index (κ2) is 4.25. The van der Waals surface area contributed by atoms with Crippen LogP contribution in [0.3, 0.4) is 0 Å². The highest BCUT2D eigenvalue weighted by Crippen LogP contribution is 2.31. The molecule has 1 aliphatic heterocycles. The number of rotatable bonds is 3. The first-order valence-corrected chi connectivity index (χ1v) is 5.52. The van der Waals surface area contributed by atoms with Gasteiger partial charge in [-0.05, 0) is 13.3 Å². The quantitative estimate of drug-likeness (QED) is 0.773. The SMILES string of the molecule is CC1(C(N)=O)CCN(c2cncc(C(=O)O)n2)C1. The van der Waals surface area contributed by atoms with Crippen molar-refractivity contribution in [2.45, 2.75) is 13.3 Å². The molecular formula is C11H14N4O3. The zero-order chi connectivity index (χ0) is 13.3. The highest BCUT2D eigenvalue weighted by Gasteiger charge is 2.39. The molecule has 3 N–H and O–H groups in total. The van der Waals surface area contributed by atoms with E-state index >= 15 is 0 Å². The fraction of sp³-hybridized carbons (Fsp3) is 0.455. The highest BCUT2D eigenvalue weighted by molar-refractivity contribution is 5.85. The molecule has 1 atom stereocenters. The number of aromatic carboxylic acids is 1. The minimum absolute atomic E-state index is 0.111. The number of primary amides is 1. The summed E-state index contributed by atoms with van der Waals surface area (Å²) < 4.78 is 0. The fourth-order valence-corrected chi connectivity index (χ4v) is 1.97. The molecule has 0 spiro atoms. The Morgan fingerprint density at radius 2 is 2.22 bits per heavy atom. The monoisotopic (exact) mass is 250 g/mol. The number of carboxylic acids is 1. The number of anilines is 1. The molecule has 1 aromatic rings. The number of nitrogens with zero attached hydrogens (tertiary/aromatic N) is 3. The van der Waals surface area contributed by atoms with Gasteiger partial charge in [-0.25, -0.2) is 9.78 Å². The molecule has 1 amide bonds. The van der Waals surface area contributed by atoms with Gasteiger partial charge in [0.2, 0.25) is 5.91 Å². The molecule has 0 aliphatic carbocycles. The van der Waals surface area contributed by atoms with Crippen LogP contribution in [0.2, 0.25) is 0 Å². The van der Waals surface area contributed by atoms with Crippen molar-refractivity contribution in [3.05, 3.63) is 18.1 Å². The second-order valence-corrected chi connectivity index (χ2v) is 4.66. The molecule has 18 heavy (non-hydrogen) atoms. The van der Waals surface area contributed by atoms with Gasteiger partial charge >= 0.3 is 5.97 Å². The second-order valence-electron chi connectivity index (χ2n) is 4.66. The number of amides is 1. The molecule has 1 unspecified atom stereocenters. The average Bonchev–Trinajstić information content (AvgIpc) is 2.73. The molecular weight excluding hydrogens is 236 g/mol. The first-order valence-electron chi connectivity index (χ1n) is 5.52. The fourth-order valence-electron chi connectivity index (χ4n) is 1.97. The largest absolute Gasteiger partial charge is 0.476 e. The van der Waals surface area contributed by atoms with Gasteiger partial charge in [-0.15, -0.1) is 0 Å². The first-order chi connectivity index (χ1) is 8.42. The van der Waals surface area contributed by atoms with Crippen LogP contribution in [-0.2, 0) is 4.79 Å². The van der Waals surface area contributed by atoms with Crippen molar-refractivity contribution in [3.63, 3.8) is 0 Å². The Bertz CT molecular complexity index is 505. The third-order valence-electron chi connectivity index (χ3n) is 3.23. The van der Waals surface area contributed by atoms with Crippen LogP contribution in [0.1, 0.15) is 23.8 Å². The lowest BCUT2D eigenvalue weighted by atomic mass is 9.89. The van der Waals surface area contributed by atoms with Gasteiger partial charge in [-0.1, -0.05) is 0 Å². The summed E-state index contributed by atoms with van der Waals surface area (Å²) in [7, 11) is 0. The van der Waals surface area contributed by atoms with E-state index in [-0.39, 0.29) is 11.6 Å². The van der Waals surface area contributed by atoms with Crippen LogP contribution in [0.4, 0.5) is 5.82 Å². The molecule has 96 valence electrons. The first kappa shape index (κ1) is 12.3. The molecule has 1 aromatic heterocycles. The van der Waals surface area contributed by atoms with Crippen molar-refractivity contribution >= 4 is 17.7 Å². The minimum Gasteiger partial charge on any atom is -0.476 e. The van der Waals surface area contributed by atoms with E-state index < -0.39 is 11.4 Å². The predicted molar refractivity (Wildman–Crippen MR) is 63.1 cm³/mol. The van der Waals surface area contributed by atoms with E-state index in [0.717, 1.165) is 0 Å². The van der Waals surface area contributed by atoms with E-state index in [1.807, 2.05) is 4.90 Å². The van der Waals surface area contributed by atoms with Gasteiger partial charge in [0.05, 0.1) is 17.8 Å². The van der Waals surface area contributed by atoms with Crippen LogP contribution in [0.5, 0.6) is 0 Å². The molecule has 2 rings (SSSR count). The van der Waals surface area contributed by atoms with Crippen LogP contribution in [-0.4, -0.2) is 40.0 Å². The van der Waals surface area contributed by atoms with Crippen molar-refractivity contribution in [2.24, 2.45) is 11.1 Å². The Hall–Kier alpha value is -2.18. The van der Waals surface area contributed by atoms with Gasteiger partial charge in [0.15, 0.2) is 5.69 Å². The van der Waals surface area contributed by atoms with E-state index in [2.05, 4.69) is 9.97 Å². The summed E-state index contributed by atoms with van der Waals surface area (Å²) in [6.07, 6.45) is 3.30. The minimum atomic E-state index is -1.12. The number of nitrogens with two attached hydrogens (primary N) is 1. The van der Waals surface area contributed by atoms with Gasteiger partial charge in [-0.2, -0.15) is 0 Å². The summed E-state index contributed by atoms with van der Waals surface area (Å²) in [4.78, 5) is 31.8. The summed E-state index contributed by atoms with van der Waals surface area (Å²) >= 11 is 0. The maximum absolute atomic E-state index is 11.3. The Kier molecular flexibility index (Phi) is 2.90. The predicted octanol–water partition coefficient (Wildman–Crippen LogP) is -0.124. The lowest BCUT2D eigenvalue weighted by Gasteiger charge is -2.21. The molecule has 1 fully saturated rings. The van der Waals surface area contributed by atoms with E-state index in [1.54, 1.807) is 6.92 Å². The van der Waals surface area contributed by atoms with E-state index in [0.29, 0.717) is 25.3 Å². The standard InChI is InChI=1S/C11H14N4O3/c1-11(10(12)18)2-3-15(6-11)8-5-13-4-7(14-8)9(16)17/h4-5H,2-3,6H2,1H3,(H2,12,18)(H,16,17). The number of carbonyl (C=O) groups is 2. The molecule has 0 radical (unpaired) electrons. The smallest absolute Gasteiger partial charge is 0.356 e. The number of hydrogen-bond donors (Lipinski definition) is 2. The lowest BCUT2D eigenvalue weighted by Crippen LogP contribution is -2.37. The molecule has 0 bridgehead atoms. The number of hydrogen-bond acceptors (Lipinski definition) is 5. The average molecular weight is 250 g/mol. The van der Waals surface area contributed by atoms with Gasteiger partial charge < -0.3 is 15.7 Å². The Labute approximate surface area is 104 Å². The van der Waals surface area contributed by atoms with Gasteiger partial charge in [0, 0.05) is 13.1 Å². The molecule has 7 heteroatoms. The van der Waals surface area contributed by atoms with E-state index in [9.17, 15) is 9.59 Å². The summed E-state index contributed by atoms with van der Waals surface area (Å²) in [5, 5.41) is 8.85. The summed E-state index contributed by atoms with van der Waals surface area (Å²) in [5.74, 6) is -1.02. The van der Waals surface area contributed by atoms with Crippen LogP contribution in [0.25, 0.3) is 0 Å². The number of carboxylic acid groups (broad SMARTS) is 1. The molecule has 7 nitrogen and oxygen atoms in total. The number of carbonyl (C=O) groups excluding carboxylic acids is 1.